The van der Waals surface area contributed by atoms with Crippen LogP contribution >= 0.6 is 0 Å². The molecule has 0 saturated carbocycles. The van der Waals surface area contributed by atoms with Crippen molar-refractivity contribution in [2.45, 2.75) is 25.4 Å². The molecule has 1 aliphatic heterocycles. The molecule has 40 heavy (non-hydrogen) atoms. The van der Waals surface area contributed by atoms with Crippen molar-refractivity contribution < 1.29 is 21.9 Å². The number of hydrogen-bond donors (Lipinski definition) is 4. The summed E-state index contributed by atoms with van der Waals surface area (Å²) in [4.78, 5) is 13.2. The van der Waals surface area contributed by atoms with Crippen molar-refractivity contribution >= 4 is 16.8 Å². The highest BCUT2D eigenvalue weighted by Crippen LogP contribution is 2.35. The van der Waals surface area contributed by atoms with Crippen LogP contribution in [0.4, 0.5) is 14.7 Å². The topological polar surface area (TPSA) is 118 Å². The summed E-state index contributed by atoms with van der Waals surface area (Å²) < 4.78 is 61.5. The van der Waals surface area contributed by atoms with Crippen LogP contribution in [0, 0.1) is 17.6 Å². The second-order valence-electron chi connectivity index (χ2n) is 9.57. The van der Waals surface area contributed by atoms with Crippen molar-refractivity contribution in [1.29, 1.82) is 0 Å². The van der Waals surface area contributed by atoms with E-state index in [9.17, 15) is 8.42 Å². The Balaban J connectivity index is 1.42. The Kier molecular flexibility index (Phi) is 8.58. The molecule has 208 valence electrons. The van der Waals surface area contributed by atoms with Crippen LogP contribution in [0.25, 0.3) is 11.3 Å². The van der Waals surface area contributed by atoms with Gasteiger partial charge in [-0.3, -0.25) is 0 Å². The van der Waals surface area contributed by atoms with Gasteiger partial charge in [0.2, 0.25) is 28.5 Å². The first kappa shape index (κ1) is 27.6. The van der Waals surface area contributed by atoms with E-state index in [1.165, 1.54) is 18.3 Å². The molecule has 3 N–H and O–H groups in total. The van der Waals surface area contributed by atoms with Crippen molar-refractivity contribution in [2.24, 2.45) is 5.92 Å². The zero-order chi connectivity index (χ0) is 28.1. The van der Waals surface area contributed by atoms with Crippen molar-refractivity contribution in [1.82, 2.24) is 25.0 Å². The fraction of sp³-hybridized carbons (Fsp3) is 0.250. The van der Waals surface area contributed by atoms with Gasteiger partial charge >= 0.3 is 0 Å². The fourth-order valence-electron chi connectivity index (χ4n) is 4.72. The lowest BCUT2D eigenvalue weighted by Gasteiger charge is -2.28. The molecule has 2 aromatic carbocycles. The summed E-state index contributed by atoms with van der Waals surface area (Å²) in [5.74, 6) is -1.94. The standard InChI is InChI=1S/C28H28F2N6O3S/c1-17-14-19(16-31-15-17)34-28-33-13-11-22(35-28)20-8-5-12-32-27(20)39-23-10-9-21(24(29)25(23)30)26(36-40(37)38)18-6-3-2-4-7-18/h2-13,17,19,26,31,40H,14-16H2,1H3,(H,33,34,35)(H,36,37,38)/t17-,19+,26?/m1/s1. The number of aromatic nitrogens is 3. The van der Waals surface area contributed by atoms with E-state index >= 15 is 8.78 Å². The minimum Gasteiger partial charge on any atom is -0.435 e. The summed E-state index contributed by atoms with van der Waals surface area (Å²) in [7, 11) is -3.10. The van der Waals surface area contributed by atoms with Gasteiger partial charge in [-0.15, -0.1) is 0 Å². The monoisotopic (exact) mass is 566 g/mol. The molecule has 1 saturated heterocycles. The molecule has 12 heteroatoms. The third-order valence-electron chi connectivity index (χ3n) is 6.57. The van der Waals surface area contributed by atoms with Crippen LogP contribution in [-0.4, -0.2) is 42.5 Å². The number of anilines is 1. The lowest BCUT2D eigenvalue weighted by atomic mass is 9.98. The molecule has 1 unspecified atom stereocenters. The zero-order valence-corrected chi connectivity index (χ0v) is 22.4. The normalized spacial score (nSPS) is 17.9. The molecular formula is C28H28F2N6O3S. The number of hydrogen-bond acceptors (Lipinski definition) is 8. The first-order valence-electron chi connectivity index (χ1n) is 12.8. The Labute approximate surface area is 232 Å². The molecule has 0 amide bonds. The second-order valence-corrected chi connectivity index (χ2v) is 10.3. The van der Waals surface area contributed by atoms with E-state index in [-0.39, 0.29) is 17.5 Å². The number of thiol groups is 1. The van der Waals surface area contributed by atoms with E-state index in [4.69, 9.17) is 4.74 Å². The number of pyridine rings is 1. The maximum Gasteiger partial charge on any atom is 0.228 e. The number of nitrogens with zero attached hydrogens (tertiary/aromatic N) is 3. The molecule has 1 aliphatic rings. The first-order chi connectivity index (χ1) is 19.4. The number of ether oxygens (including phenoxy) is 1. The fourth-order valence-corrected chi connectivity index (χ4v) is 5.22. The molecule has 0 spiro atoms. The lowest BCUT2D eigenvalue weighted by Crippen LogP contribution is -2.42. The summed E-state index contributed by atoms with van der Waals surface area (Å²) >= 11 is 0. The van der Waals surface area contributed by atoms with Crippen LogP contribution in [0.2, 0.25) is 0 Å². The van der Waals surface area contributed by atoms with Gasteiger partial charge in [0.1, 0.15) is 0 Å². The van der Waals surface area contributed by atoms with Crippen LogP contribution in [0.3, 0.4) is 0 Å². The molecule has 1 fully saturated rings. The summed E-state index contributed by atoms with van der Waals surface area (Å²) in [5.41, 5.74) is 1.21. The second kappa shape index (κ2) is 12.5. The summed E-state index contributed by atoms with van der Waals surface area (Å²) in [6.45, 7) is 3.94. The average Bonchev–Trinajstić information content (AvgIpc) is 2.95. The smallest absolute Gasteiger partial charge is 0.228 e. The largest absolute Gasteiger partial charge is 0.435 e. The molecule has 5 rings (SSSR count). The van der Waals surface area contributed by atoms with Crippen LogP contribution in [0.1, 0.15) is 30.5 Å². The molecule has 9 nitrogen and oxygen atoms in total. The van der Waals surface area contributed by atoms with Crippen LogP contribution < -0.4 is 20.1 Å². The van der Waals surface area contributed by atoms with Gasteiger partial charge in [-0.1, -0.05) is 43.3 Å². The van der Waals surface area contributed by atoms with E-state index in [2.05, 4.69) is 37.2 Å². The molecule has 2 aromatic heterocycles. The Morgan fingerprint density at radius 1 is 0.975 bits per heavy atom. The lowest BCUT2D eigenvalue weighted by molar-refractivity contribution is 0.377. The number of halogens is 2. The molecule has 3 atom stereocenters. The van der Waals surface area contributed by atoms with Crippen LogP contribution in [-0.2, 0) is 10.9 Å². The predicted octanol–water partition coefficient (Wildman–Crippen LogP) is 4.22. The van der Waals surface area contributed by atoms with Gasteiger partial charge in [-0.25, -0.2) is 32.5 Å². The highest BCUT2D eigenvalue weighted by atomic mass is 32.2. The van der Waals surface area contributed by atoms with E-state index in [1.54, 1.807) is 54.7 Å². The van der Waals surface area contributed by atoms with Gasteiger partial charge in [0.05, 0.1) is 17.3 Å². The SMILES string of the molecule is C[C@H]1CNC[C@@H](Nc2nccc(-c3cccnc3Oc3ccc(C(N[SH](=O)=O)c4ccccc4)c(F)c3F)n2)C1. The Hall–Kier alpha value is -4.00. The third kappa shape index (κ3) is 6.41. The third-order valence-corrected chi connectivity index (χ3v) is 7.04. The Bertz CT molecular complexity index is 1550. The number of benzene rings is 2. The average molecular weight is 567 g/mol. The highest BCUT2D eigenvalue weighted by molar-refractivity contribution is 7.70. The summed E-state index contributed by atoms with van der Waals surface area (Å²) in [5, 5.41) is 6.72. The minimum atomic E-state index is -3.10. The summed E-state index contributed by atoms with van der Waals surface area (Å²) in [6, 6.07) is 15.0. The van der Waals surface area contributed by atoms with E-state index in [0.717, 1.165) is 19.5 Å². The van der Waals surface area contributed by atoms with E-state index < -0.39 is 34.3 Å². The number of piperidine rings is 1. The van der Waals surface area contributed by atoms with Crippen molar-refractivity contribution in [3.63, 3.8) is 0 Å². The van der Waals surface area contributed by atoms with Crippen LogP contribution in [0.5, 0.6) is 11.6 Å². The molecule has 3 heterocycles. The minimum absolute atomic E-state index is 0.0199. The Morgan fingerprint density at radius 2 is 1.80 bits per heavy atom. The molecular weight excluding hydrogens is 538 g/mol. The van der Waals surface area contributed by atoms with Crippen molar-refractivity contribution in [2.75, 3.05) is 18.4 Å². The first-order valence-corrected chi connectivity index (χ1v) is 13.9. The molecule has 4 aromatic rings. The molecule has 0 aliphatic carbocycles. The molecule has 0 bridgehead atoms. The zero-order valence-electron chi connectivity index (χ0n) is 21.6. The van der Waals surface area contributed by atoms with E-state index in [0.29, 0.717) is 28.7 Å². The predicted molar refractivity (Wildman–Crippen MR) is 147 cm³/mol. The maximum absolute atomic E-state index is 15.3. The van der Waals surface area contributed by atoms with E-state index in [1.807, 2.05) is 0 Å². The van der Waals surface area contributed by atoms with Gasteiger partial charge in [-0.05, 0) is 48.7 Å². The maximum atomic E-state index is 15.3. The molecule has 0 radical (unpaired) electrons. The highest BCUT2D eigenvalue weighted by Gasteiger charge is 2.25. The van der Waals surface area contributed by atoms with Crippen LogP contribution in [0.15, 0.2) is 73.1 Å². The van der Waals surface area contributed by atoms with Crippen molar-refractivity contribution in [3.05, 3.63) is 95.8 Å². The van der Waals surface area contributed by atoms with Gasteiger partial charge in [-0.2, -0.15) is 4.39 Å². The van der Waals surface area contributed by atoms with Gasteiger partial charge in [0, 0.05) is 30.5 Å². The van der Waals surface area contributed by atoms with Gasteiger partial charge < -0.3 is 15.4 Å². The van der Waals surface area contributed by atoms with Gasteiger partial charge in [0.25, 0.3) is 0 Å². The quantitative estimate of drug-likeness (QED) is 0.223. The number of nitrogens with one attached hydrogen (secondary N) is 3. The summed E-state index contributed by atoms with van der Waals surface area (Å²) in [6.07, 6.45) is 4.05. The number of rotatable bonds is 9. The Morgan fingerprint density at radius 3 is 2.58 bits per heavy atom. The van der Waals surface area contributed by atoms with Crippen molar-refractivity contribution in [3.8, 4) is 22.9 Å². The van der Waals surface area contributed by atoms with Gasteiger partial charge in [0.15, 0.2) is 11.6 Å².